The van der Waals surface area contributed by atoms with Crippen LogP contribution in [-0.2, 0) is 13.0 Å². The van der Waals surface area contributed by atoms with Gasteiger partial charge in [-0.2, -0.15) is 0 Å². The first-order chi connectivity index (χ1) is 9.33. The third-order valence-corrected chi connectivity index (χ3v) is 3.55. The smallest absolute Gasteiger partial charge is 0.122 e. The standard InChI is InChI=1S/C16H18N2O/c1-12(18-11-13-3-2-7-17-10-13)14-4-5-16-15(9-14)6-8-19-16/h2-5,7,9-10,12,18H,6,8,11H2,1H3. The number of hydrogen-bond acceptors (Lipinski definition) is 3. The number of ether oxygens (including phenoxy) is 1. The molecule has 1 atom stereocenters. The summed E-state index contributed by atoms with van der Waals surface area (Å²) < 4.78 is 5.53. The molecule has 0 aliphatic carbocycles. The Morgan fingerprint density at radius 1 is 1.37 bits per heavy atom. The Morgan fingerprint density at radius 3 is 3.16 bits per heavy atom. The van der Waals surface area contributed by atoms with Crippen molar-refractivity contribution >= 4 is 0 Å². The molecule has 3 rings (SSSR count). The van der Waals surface area contributed by atoms with Crippen molar-refractivity contribution in [3.63, 3.8) is 0 Å². The summed E-state index contributed by atoms with van der Waals surface area (Å²) in [6, 6.07) is 10.9. The van der Waals surface area contributed by atoms with Crippen LogP contribution in [0.2, 0.25) is 0 Å². The van der Waals surface area contributed by atoms with E-state index in [1.807, 2.05) is 12.3 Å². The van der Waals surface area contributed by atoms with Gasteiger partial charge in [0.25, 0.3) is 0 Å². The van der Waals surface area contributed by atoms with Gasteiger partial charge in [-0.1, -0.05) is 18.2 Å². The van der Waals surface area contributed by atoms with E-state index in [1.165, 1.54) is 16.7 Å². The van der Waals surface area contributed by atoms with Crippen LogP contribution in [-0.4, -0.2) is 11.6 Å². The minimum Gasteiger partial charge on any atom is -0.493 e. The maximum absolute atomic E-state index is 5.53. The molecule has 3 heteroatoms. The van der Waals surface area contributed by atoms with E-state index in [2.05, 4.69) is 41.5 Å². The van der Waals surface area contributed by atoms with Gasteiger partial charge in [-0.15, -0.1) is 0 Å². The first-order valence-electron chi connectivity index (χ1n) is 6.71. The molecule has 0 fully saturated rings. The van der Waals surface area contributed by atoms with E-state index in [0.717, 1.165) is 25.3 Å². The van der Waals surface area contributed by atoms with Crippen molar-refractivity contribution in [1.29, 1.82) is 0 Å². The average molecular weight is 254 g/mol. The summed E-state index contributed by atoms with van der Waals surface area (Å²) in [6.07, 6.45) is 4.72. The Balaban J connectivity index is 1.65. The normalized spacial score (nSPS) is 14.8. The first kappa shape index (κ1) is 12.2. The van der Waals surface area contributed by atoms with Crippen molar-refractivity contribution < 1.29 is 4.74 Å². The monoisotopic (exact) mass is 254 g/mol. The van der Waals surface area contributed by atoms with Crippen LogP contribution in [0.4, 0.5) is 0 Å². The van der Waals surface area contributed by atoms with E-state index in [1.54, 1.807) is 6.20 Å². The van der Waals surface area contributed by atoms with Gasteiger partial charge in [0.15, 0.2) is 0 Å². The fourth-order valence-electron chi connectivity index (χ4n) is 2.37. The summed E-state index contributed by atoms with van der Waals surface area (Å²) in [7, 11) is 0. The molecular weight excluding hydrogens is 236 g/mol. The fourth-order valence-corrected chi connectivity index (χ4v) is 2.37. The minimum atomic E-state index is 0.325. The van der Waals surface area contributed by atoms with Crippen LogP contribution in [0.25, 0.3) is 0 Å². The van der Waals surface area contributed by atoms with Gasteiger partial charge in [0, 0.05) is 31.4 Å². The second-order valence-corrected chi connectivity index (χ2v) is 4.93. The Hall–Kier alpha value is -1.87. The van der Waals surface area contributed by atoms with E-state index in [0.29, 0.717) is 6.04 Å². The molecule has 0 saturated heterocycles. The maximum atomic E-state index is 5.53. The third-order valence-electron chi connectivity index (χ3n) is 3.55. The quantitative estimate of drug-likeness (QED) is 0.911. The number of nitrogens with one attached hydrogen (secondary N) is 1. The molecule has 1 N–H and O–H groups in total. The molecule has 0 spiro atoms. The summed E-state index contributed by atoms with van der Waals surface area (Å²) >= 11 is 0. The molecule has 1 unspecified atom stereocenters. The molecule has 98 valence electrons. The molecule has 2 heterocycles. The van der Waals surface area contributed by atoms with Gasteiger partial charge in [0.1, 0.15) is 5.75 Å². The van der Waals surface area contributed by atoms with E-state index < -0.39 is 0 Å². The van der Waals surface area contributed by atoms with Crippen molar-refractivity contribution in [2.45, 2.75) is 25.9 Å². The SMILES string of the molecule is CC(NCc1cccnc1)c1ccc2c(c1)CCO2. The second-order valence-electron chi connectivity index (χ2n) is 4.93. The summed E-state index contributed by atoms with van der Waals surface area (Å²) in [4.78, 5) is 4.13. The Labute approximate surface area is 113 Å². The van der Waals surface area contributed by atoms with Crippen LogP contribution in [0.1, 0.15) is 29.7 Å². The molecule has 3 nitrogen and oxygen atoms in total. The average Bonchev–Trinajstić information content (AvgIpc) is 2.93. The van der Waals surface area contributed by atoms with Crippen LogP contribution in [0.3, 0.4) is 0 Å². The highest BCUT2D eigenvalue weighted by Crippen LogP contribution is 2.28. The number of hydrogen-bond donors (Lipinski definition) is 1. The molecule has 0 amide bonds. The number of aromatic nitrogens is 1. The van der Waals surface area contributed by atoms with Gasteiger partial charge in [0.2, 0.25) is 0 Å². The molecule has 0 saturated carbocycles. The van der Waals surface area contributed by atoms with Gasteiger partial charge in [0.05, 0.1) is 6.61 Å². The van der Waals surface area contributed by atoms with Crippen LogP contribution in [0.5, 0.6) is 5.75 Å². The Kier molecular flexibility index (Phi) is 3.47. The number of fused-ring (bicyclic) bond motifs is 1. The summed E-state index contributed by atoms with van der Waals surface area (Å²) in [5.74, 6) is 1.04. The molecule has 1 aliphatic rings. The van der Waals surface area contributed by atoms with Crippen molar-refractivity contribution in [3.8, 4) is 5.75 Å². The molecule has 1 aromatic heterocycles. The van der Waals surface area contributed by atoms with Crippen LogP contribution < -0.4 is 10.1 Å². The summed E-state index contributed by atoms with van der Waals surface area (Å²) in [5, 5.41) is 3.53. The lowest BCUT2D eigenvalue weighted by atomic mass is 10.0. The molecule has 0 bridgehead atoms. The molecule has 1 aliphatic heterocycles. The highest BCUT2D eigenvalue weighted by atomic mass is 16.5. The van der Waals surface area contributed by atoms with Gasteiger partial charge < -0.3 is 10.1 Å². The molecule has 1 aromatic carbocycles. The lowest BCUT2D eigenvalue weighted by Gasteiger charge is -2.15. The number of nitrogens with zero attached hydrogens (tertiary/aromatic N) is 1. The predicted molar refractivity (Wildman–Crippen MR) is 75.1 cm³/mol. The predicted octanol–water partition coefficient (Wildman–Crippen LogP) is 2.87. The van der Waals surface area contributed by atoms with Crippen molar-refractivity contribution in [1.82, 2.24) is 10.3 Å². The third kappa shape index (κ3) is 2.76. The minimum absolute atomic E-state index is 0.325. The summed E-state index contributed by atoms with van der Waals surface area (Å²) in [6.45, 7) is 3.84. The summed E-state index contributed by atoms with van der Waals surface area (Å²) in [5.41, 5.74) is 3.85. The van der Waals surface area contributed by atoms with Crippen molar-refractivity contribution in [2.24, 2.45) is 0 Å². The maximum Gasteiger partial charge on any atom is 0.122 e. The van der Waals surface area contributed by atoms with Crippen molar-refractivity contribution in [2.75, 3.05) is 6.61 Å². The highest BCUT2D eigenvalue weighted by molar-refractivity contribution is 5.40. The second kappa shape index (κ2) is 5.41. The van der Waals surface area contributed by atoms with E-state index in [-0.39, 0.29) is 0 Å². The van der Waals surface area contributed by atoms with E-state index in [4.69, 9.17) is 4.74 Å². The van der Waals surface area contributed by atoms with E-state index in [9.17, 15) is 0 Å². The van der Waals surface area contributed by atoms with Gasteiger partial charge in [-0.25, -0.2) is 0 Å². The van der Waals surface area contributed by atoms with Crippen LogP contribution in [0, 0.1) is 0 Å². The number of rotatable bonds is 4. The first-order valence-corrected chi connectivity index (χ1v) is 6.71. The Bertz CT molecular complexity index is 554. The lowest BCUT2D eigenvalue weighted by molar-refractivity contribution is 0.356. The molecule has 19 heavy (non-hydrogen) atoms. The molecule has 0 radical (unpaired) electrons. The molecule has 2 aromatic rings. The van der Waals surface area contributed by atoms with Crippen molar-refractivity contribution in [3.05, 3.63) is 59.4 Å². The van der Waals surface area contributed by atoms with Crippen LogP contribution >= 0.6 is 0 Å². The Morgan fingerprint density at radius 2 is 2.32 bits per heavy atom. The largest absolute Gasteiger partial charge is 0.493 e. The highest BCUT2D eigenvalue weighted by Gasteiger charge is 2.14. The zero-order valence-electron chi connectivity index (χ0n) is 11.1. The van der Waals surface area contributed by atoms with Gasteiger partial charge in [-0.05, 0) is 35.7 Å². The van der Waals surface area contributed by atoms with Crippen LogP contribution in [0.15, 0.2) is 42.7 Å². The lowest BCUT2D eigenvalue weighted by Crippen LogP contribution is -2.18. The van der Waals surface area contributed by atoms with Gasteiger partial charge in [-0.3, -0.25) is 4.98 Å². The molecular formula is C16H18N2O. The fraction of sp³-hybridized carbons (Fsp3) is 0.312. The van der Waals surface area contributed by atoms with Gasteiger partial charge >= 0.3 is 0 Å². The number of benzene rings is 1. The zero-order valence-corrected chi connectivity index (χ0v) is 11.1. The van der Waals surface area contributed by atoms with E-state index >= 15 is 0 Å². The topological polar surface area (TPSA) is 34.2 Å². The number of pyridine rings is 1. The zero-order chi connectivity index (χ0) is 13.1.